The summed E-state index contributed by atoms with van der Waals surface area (Å²) in [6, 6.07) is 25.8. The number of aromatic nitrogens is 4. The summed E-state index contributed by atoms with van der Waals surface area (Å²) in [5.74, 6) is 0. The Labute approximate surface area is 171 Å². The van der Waals surface area contributed by atoms with Crippen molar-refractivity contribution in [3.05, 3.63) is 97.6 Å². The van der Waals surface area contributed by atoms with Crippen LogP contribution in [0.3, 0.4) is 0 Å². The second kappa shape index (κ2) is 5.67. The second-order valence-corrected chi connectivity index (χ2v) is 7.58. The zero-order valence-corrected chi connectivity index (χ0v) is 16.0. The van der Waals surface area contributed by atoms with Crippen LogP contribution in [0.2, 0.25) is 0 Å². The van der Waals surface area contributed by atoms with Crippen molar-refractivity contribution in [2.75, 3.05) is 0 Å². The van der Waals surface area contributed by atoms with Crippen LogP contribution in [-0.2, 0) is 0 Å². The molecule has 0 aliphatic heterocycles. The number of pyridine rings is 2. The molecule has 7 rings (SSSR count). The van der Waals surface area contributed by atoms with Crippen LogP contribution >= 0.6 is 0 Å². The summed E-state index contributed by atoms with van der Waals surface area (Å²) >= 11 is 0. The van der Waals surface area contributed by atoms with Crippen molar-refractivity contribution in [2.24, 2.45) is 0 Å². The van der Waals surface area contributed by atoms with Crippen molar-refractivity contribution in [2.45, 2.75) is 0 Å². The minimum absolute atomic E-state index is 0.941. The Hall–Kier alpha value is -4.18. The number of nitrogens with zero attached hydrogens (tertiary/aromatic N) is 4. The lowest BCUT2D eigenvalue weighted by molar-refractivity contribution is 1.18. The molecular weight excluding hydrogens is 368 g/mol. The third-order valence-electron chi connectivity index (χ3n) is 6.06. The molecule has 0 aliphatic carbocycles. The van der Waals surface area contributed by atoms with E-state index in [0.29, 0.717) is 0 Å². The summed E-state index contributed by atoms with van der Waals surface area (Å²) in [6.07, 6.45) is 7.69. The van der Waals surface area contributed by atoms with Gasteiger partial charge in [-0.2, -0.15) is 0 Å². The monoisotopic (exact) mass is 384 g/mol. The van der Waals surface area contributed by atoms with Crippen molar-refractivity contribution >= 4 is 49.1 Å². The highest BCUT2D eigenvalue weighted by molar-refractivity contribution is 6.28. The van der Waals surface area contributed by atoms with Gasteiger partial charge in [0.15, 0.2) is 0 Å². The molecule has 0 fully saturated rings. The predicted octanol–water partition coefficient (Wildman–Crippen LogP) is 6.13. The fraction of sp³-hybridized carbons (Fsp3) is 0. The fourth-order valence-corrected chi connectivity index (χ4v) is 4.87. The van der Waals surface area contributed by atoms with E-state index in [9.17, 15) is 0 Å². The van der Waals surface area contributed by atoms with E-state index in [2.05, 4.69) is 91.7 Å². The van der Waals surface area contributed by atoms with Crippen LogP contribution in [0.4, 0.5) is 0 Å². The minimum atomic E-state index is 0.941. The largest absolute Gasteiger partial charge is 0.309 e. The summed E-state index contributed by atoms with van der Waals surface area (Å²) < 4.78 is 4.53. The maximum Gasteiger partial charge on any atom is 0.146 e. The van der Waals surface area contributed by atoms with Gasteiger partial charge in [0.1, 0.15) is 5.65 Å². The molecule has 0 aliphatic rings. The van der Waals surface area contributed by atoms with Crippen LogP contribution < -0.4 is 0 Å². The van der Waals surface area contributed by atoms with E-state index in [4.69, 9.17) is 0 Å². The second-order valence-electron chi connectivity index (χ2n) is 7.58. The lowest BCUT2D eigenvalue weighted by Gasteiger charge is -2.11. The lowest BCUT2D eigenvalue weighted by atomic mass is 10.0. The Morgan fingerprint density at radius 3 is 2.33 bits per heavy atom. The highest BCUT2D eigenvalue weighted by atomic mass is 15.0. The smallest absolute Gasteiger partial charge is 0.146 e. The molecule has 4 nitrogen and oxygen atoms in total. The molecule has 140 valence electrons. The standard InChI is InChI=1S/C26H16N4/c1-2-6-17(7-3-1)30-21-9-5-4-8-19(21)25-23(30)11-10-22-24(25)18-12-13-27-16-20(18)26-28-14-15-29(22)26/h1-16H. The molecule has 7 aromatic rings. The predicted molar refractivity (Wildman–Crippen MR) is 122 cm³/mol. The molecule has 0 atom stereocenters. The first-order chi connectivity index (χ1) is 14.9. The van der Waals surface area contributed by atoms with Gasteiger partial charge in [0.25, 0.3) is 0 Å². The molecule has 30 heavy (non-hydrogen) atoms. The quantitative estimate of drug-likeness (QED) is 0.319. The SMILES string of the molecule is c1ccc(-n2c3ccccc3c3c4c5ccncc5c5nccn5c4ccc32)cc1. The Morgan fingerprint density at radius 2 is 1.40 bits per heavy atom. The minimum Gasteiger partial charge on any atom is -0.309 e. The molecule has 0 saturated carbocycles. The van der Waals surface area contributed by atoms with Gasteiger partial charge >= 0.3 is 0 Å². The van der Waals surface area contributed by atoms with Crippen molar-refractivity contribution in [3.63, 3.8) is 0 Å². The Morgan fingerprint density at radius 1 is 0.600 bits per heavy atom. The van der Waals surface area contributed by atoms with Crippen LogP contribution in [0.5, 0.6) is 0 Å². The maximum atomic E-state index is 4.61. The maximum absolute atomic E-state index is 4.61. The molecule has 0 N–H and O–H groups in total. The van der Waals surface area contributed by atoms with Gasteiger partial charge in [0.2, 0.25) is 0 Å². The third-order valence-corrected chi connectivity index (χ3v) is 6.06. The van der Waals surface area contributed by atoms with Crippen molar-refractivity contribution in [3.8, 4) is 5.69 Å². The molecule has 0 bridgehead atoms. The molecular formula is C26H16N4. The van der Waals surface area contributed by atoms with E-state index in [1.54, 1.807) is 0 Å². The molecule has 4 heteroatoms. The molecule has 0 unspecified atom stereocenters. The summed E-state index contributed by atoms with van der Waals surface area (Å²) in [6.45, 7) is 0. The molecule has 4 aromatic heterocycles. The molecule has 0 saturated heterocycles. The Balaban J connectivity index is 1.83. The van der Waals surface area contributed by atoms with Gasteiger partial charge in [0.05, 0.1) is 16.6 Å². The molecule has 0 spiro atoms. The van der Waals surface area contributed by atoms with Crippen molar-refractivity contribution in [1.29, 1.82) is 0 Å². The first kappa shape index (κ1) is 15.7. The lowest BCUT2D eigenvalue weighted by Crippen LogP contribution is -1.94. The first-order valence-electron chi connectivity index (χ1n) is 10.0. The zero-order valence-electron chi connectivity index (χ0n) is 16.0. The normalized spacial score (nSPS) is 12.0. The molecule has 4 heterocycles. The number of para-hydroxylation sites is 2. The number of benzene rings is 3. The summed E-state index contributed by atoms with van der Waals surface area (Å²) in [4.78, 5) is 9.00. The zero-order chi connectivity index (χ0) is 19.7. The molecule has 0 radical (unpaired) electrons. The fourth-order valence-electron chi connectivity index (χ4n) is 4.87. The van der Waals surface area contributed by atoms with Gasteiger partial charge in [-0.1, -0.05) is 36.4 Å². The van der Waals surface area contributed by atoms with Gasteiger partial charge in [-0.3, -0.25) is 9.38 Å². The number of hydrogen-bond acceptors (Lipinski definition) is 2. The van der Waals surface area contributed by atoms with Gasteiger partial charge in [-0.25, -0.2) is 4.98 Å². The van der Waals surface area contributed by atoms with Gasteiger partial charge in [0, 0.05) is 52.0 Å². The van der Waals surface area contributed by atoms with E-state index in [-0.39, 0.29) is 0 Å². The number of rotatable bonds is 1. The molecule has 3 aromatic carbocycles. The van der Waals surface area contributed by atoms with Gasteiger partial charge in [-0.05, 0) is 41.8 Å². The Kier molecular flexibility index (Phi) is 2.97. The van der Waals surface area contributed by atoms with Crippen LogP contribution in [-0.4, -0.2) is 18.9 Å². The van der Waals surface area contributed by atoms with Crippen LogP contribution in [0, 0.1) is 0 Å². The summed E-state index contributed by atoms with van der Waals surface area (Å²) in [7, 11) is 0. The van der Waals surface area contributed by atoms with Crippen molar-refractivity contribution < 1.29 is 0 Å². The highest BCUT2D eigenvalue weighted by Crippen LogP contribution is 2.40. The summed E-state index contributed by atoms with van der Waals surface area (Å²) in [5.41, 5.74) is 5.67. The van der Waals surface area contributed by atoms with E-state index in [1.807, 2.05) is 24.8 Å². The van der Waals surface area contributed by atoms with Crippen LogP contribution in [0.1, 0.15) is 0 Å². The van der Waals surface area contributed by atoms with Crippen LogP contribution in [0.15, 0.2) is 97.6 Å². The van der Waals surface area contributed by atoms with E-state index < -0.39 is 0 Å². The summed E-state index contributed by atoms with van der Waals surface area (Å²) in [5, 5.41) is 6.00. The van der Waals surface area contributed by atoms with Gasteiger partial charge in [-0.15, -0.1) is 0 Å². The Bertz CT molecular complexity index is 1740. The van der Waals surface area contributed by atoms with E-state index in [0.717, 1.165) is 22.2 Å². The average molecular weight is 384 g/mol. The van der Waals surface area contributed by atoms with E-state index >= 15 is 0 Å². The van der Waals surface area contributed by atoms with E-state index in [1.165, 1.54) is 32.6 Å². The third kappa shape index (κ3) is 1.90. The number of hydrogen-bond donors (Lipinski definition) is 0. The van der Waals surface area contributed by atoms with Crippen molar-refractivity contribution in [1.82, 2.24) is 18.9 Å². The van der Waals surface area contributed by atoms with Crippen LogP contribution in [0.25, 0.3) is 54.8 Å². The average Bonchev–Trinajstić information content (AvgIpc) is 3.43. The highest BCUT2D eigenvalue weighted by Gasteiger charge is 2.18. The molecule has 0 amide bonds. The number of imidazole rings is 1. The first-order valence-corrected chi connectivity index (χ1v) is 10.0. The topological polar surface area (TPSA) is 35.1 Å². The van der Waals surface area contributed by atoms with Gasteiger partial charge < -0.3 is 4.57 Å². The number of fused-ring (bicyclic) bond motifs is 10.